The summed E-state index contributed by atoms with van der Waals surface area (Å²) >= 11 is 1.74. The number of nitrogens with zero attached hydrogens (tertiary/aromatic N) is 3. The predicted octanol–water partition coefficient (Wildman–Crippen LogP) is 8.08. The molecular formula is C32H34N4OS. The van der Waals surface area contributed by atoms with E-state index in [-0.39, 0.29) is 5.41 Å². The van der Waals surface area contributed by atoms with E-state index in [2.05, 4.69) is 86.5 Å². The van der Waals surface area contributed by atoms with Gasteiger partial charge in [-0.3, -0.25) is 4.98 Å². The lowest BCUT2D eigenvalue weighted by atomic mass is 9.85. The van der Waals surface area contributed by atoms with Gasteiger partial charge in [0.1, 0.15) is 11.6 Å². The number of benzene rings is 2. The van der Waals surface area contributed by atoms with Gasteiger partial charge in [-0.1, -0.05) is 57.2 Å². The van der Waals surface area contributed by atoms with Crippen molar-refractivity contribution >= 4 is 27.4 Å². The van der Waals surface area contributed by atoms with Gasteiger partial charge in [0, 0.05) is 40.5 Å². The second-order valence-electron chi connectivity index (χ2n) is 10.5. The highest BCUT2D eigenvalue weighted by atomic mass is 32.1. The van der Waals surface area contributed by atoms with Gasteiger partial charge in [-0.2, -0.15) is 0 Å². The van der Waals surface area contributed by atoms with Crippen LogP contribution in [-0.4, -0.2) is 28.6 Å². The zero-order valence-corrected chi connectivity index (χ0v) is 23.5. The monoisotopic (exact) mass is 522 g/mol. The molecule has 0 aliphatic heterocycles. The van der Waals surface area contributed by atoms with Crippen LogP contribution in [0.2, 0.25) is 0 Å². The molecule has 0 amide bonds. The Balaban J connectivity index is 1.60. The summed E-state index contributed by atoms with van der Waals surface area (Å²) in [5, 5.41) is 3.64. The quantitative estimate of drug-likeness (QED) is 0.209. The minimum absolute atomic E-state index is 0.0173. The minimum Gasteiger partial charge on any atom is -0.496 e. The summed E-state index contributed by atoms with van der Waals surface area (Å²) in [6, 6.07) is 21.0. The molecule has 0 saturated carbocycles. The van der Waals surface area contributed by atoms with Crippen LogP contribution in [-0.2, 0) is 11.8 Å². The van der Waals surface area contributed by atoms with Crippen LogP contribution in [0, 0.1) is 6.92 Å². The average molecular weight is 523 g/mol. The first-order chi connectivity index (χ1) is 18.3. The molecular weight excluding hydrogens is 488 g/mol. The largest absolute Gasteiger partial charge is 0.496 e. The molecule has 5 aromatic rings. The Hall–Kier alpha value is -3.77. The molecule has 3 aromatic heterocycles. The van der Waals surface area contributed by atoms with Crippen LogP contribution in [0.3, 0.4) is 0 Å². The highest BCUT2D eigenvalue weighted by Crippen LogP contribution is 2.45. The fourth-order valence-corrected chi connectivity index (χ4v) is 5.74. The van der Waals surface area contributed by atoms with Crippen molar-refractivity contribution in [1.82, 2.24) is 15.0 Å². The summed E-state index contributed by atoms with van der Waals surface area (Å²) in [4.78, 5) is 15.5. The van der Waals surface area contributed by atoms with E-state index in [1.807, 2.05) is 12.1 Å². The van der Waals surface area contributed by atoms with Gasteiger partial charge < -0.3 is 10.1 Å². The Bertz CT molecular complexity index is 1540. The third kappa shape index (κ3) is 5.41. The van der Waals surface area contributed by atoms with E-state index < -0.39 is 0 Å². The predicted molar refractivity (Wildman–Crippen MR) is 159 cm³/mol. The maximum atomic E-state index is 5.84. The third-order valence-electron chi connectivity index (χ3n) is 6.76. The van der Waals surface area contributed by atoms with Gasteiger partial charge in [0.15, 0.2) is 5.82 Å². The number of pyridine rings is 1. The number of ether oxygens (including phenoxy) is 1. The lowest BCUT2D eigenvalue weighted by Gasteiger charge is -2.21. The number of anilines is 1. The molecule has 194 valence electrons. The molecule has 5 rings (SSSR count). The molecule has 0 saturated heterocycles. The van der Waals surface area contributed by atoms with Crippen molar-refractivity contribution in [3.63, 3.8) is 0 Å². The molecule has 0 spiro atoms. The molecule has 0 unspecified atom stereocenters. The Morgan fingerprint density at radius 1 is 0.947 bits per heavy atom. The highest BCUT2D eigenvalue weighted by Gasteiger charge is 2.23. The molecule has 2 aromatic carbocycles. The normalized spacial score (nSPS) is 11.6. The number of rotatable bonds is 8. The van der Waals surface area contributed by atoms with Crippen molar-refractivity contribution in [2.45, 2.75) is 46.0 Å². The van der Waals surface area contributed by atoms with Crippen molar-refractivity contribution in [2.24, 2.45) is 0 Å². The fraction of sp³-hybridized carbons (Fsp3) is 0.281. The molecule has 0 aliphatic rings. The SMILES string of the molecule is COc1ccc(C(C)(C)C)cc1-c1c(C)sc2c(NCCCc3ccccc3)nc(-c3ccncc3)nc12. The fourth-order valence-electron chi connectivity index (χ4n) is 4.67. The van der Waals surface area contributed by atoms with Gasteiger partial charge in [-0.05, 0) is 60.6 Å². The maximum Gasteiger partial charge on any atom is 0.162 e. The van der Waals surface area contributed by atoms with Gasteiger partial charge in [-0.25, -0.2) is 9.97 Å². The first kappa shape index (κ1) is 25.9. The number of thiophene rings is 1. The smallest absolute Gasteiger partial charge is 0.162 e. The van der Waals surface area contributed by atoms with E-state index in [9.17, 15) is 0 Å². The molecule has 0 atom stereocenters. The summed E-state index contributed by atoms with van der Waals surface area (Å²) in [5.74, 6) is 2.41. The molecule has 0 fully saturated rings. The van der Waals surface area contributed by atoms with Gasteiger partial charge in [0.2, 0.25) is 0 Å². The van der Waals surface area contributed by atoms with Crippen LogP contribution in [0.5, 0.6) is 5.75 Å². The van der Waals surface area contributed by atoms with Gasteiger partial charge in [0.05, 0.1) is 17.3 Å². The van der Waals surface area contributed by atoms with Crippen LogP contribution in [0.1, 0.15) is 43.2 Å². The number of hydrogen-bond acceptors (Lipinski definition) is 6. The zero-order chi connectivity index (χ0) is 26.7. The van der Waals surface area contributed by atoms with Crippen molar-refractivity contribution < 1.29 is 4.74 Å². The molecule has 3 heterocycles. The number of fused-ring (bicyclic) bond motifs is 1. The van der Waals surface area contributed by atoms with Crippen LogP contribution in [0.25, 0.3) is 32.7 Å². The van der Waals surface area contributed by atoms with Crippen molar-refractivity contribution in [3.8, 4) is 28.3 Å². The van der Waals surface area contributed by atoms with E-state index >= 15 is 0 Å². The van der Waals surface area contributed by atoms with Gasteiger partial charge >= 0.3 is 0 Å². The second-order valence-corrected chi connectivity index (χ2v) is 11.7. The van der Waals surface area contributed by atoms with Crippen molar-refractivity contribution in [2.75, 3.05) is 19.0 Å². The molecule has 38 heavy (non-hydrogen) atoms. The van der Waals surface area contributed by atoms with E-state index in [4.69, 9.17) is 14.7 Å². The zero-order valence-electron chi connectivity index (χ0n) is 22.7. The van der Waals surface area contributed by atoms with Crippen LogP contribution in [0.15, 0.2) is 73.1 Å². The highest BCUT2D eigenvalue weighted by molar-refractivity contribution is 7.20. The number of methoxy groups -OCH3 is 1. The second kappa shape index (κ2) is 10.9. The van der Waals surface area contributed by atoms with E-state index in [0.717, 1.165) is 57.9 Å². The Morgan fingerprint density at radius 3 is 2.42 bits per heavy atom. The molecule has 0 bridgehead atoms. The number of nitrogens with one attached hydrogen (secondary N) is 1. The van der Waals surface area contributed by atoms with Gasteiger partial charge in [0.25, 0.3) is 0 Å². The first-order valence-electron chi connectivity index (χ1n) is 13.0. The van der Waals surface area contributed by atoms with Crippen molar-refractivity contribution in [3.05, 3.63) is 89.1 Å². The minimum atomic E-state index is 0.0173. The Kier molecular flexibility index (Phi) is 7.43. The first-order valence-corrected chi connectivity index (χ1v) is 13.8. The average Bonchev–Trinajstić information content (AvgIpc) is 3.26. The maximum absolute atomic E-state index is 5.84. The molecule has 6 heteroatoms. The number of aryl methyl sites for hydroxylation is 2. The molecule has 0 radical (unpaired) electrons. The summed E-state index contributed by atoms with van der Waals surface area (Å²) < 4.78 is 6.91. The summed E-state index contributed by atoms with van der Waals surface area (Å²) in [5.41, 5.74) is 6.69. The van der Waals surface area contributed by atoms with E-state index in [1.54, 1.807) is 30.8 Å². The summed E-state index contributed by atoms with van der Waals surface area (Å²) in [6.07, 6.45) is 5.60. The van der Waals surface area contributed by atoms with Crippen LogP contribution in [0.4, 0.5) is 5.82 Å². The van der Waals surface area contributed by atoms with Gasteiger partial charge in [-0.15, -0.1) is 11.3 Å². The Morgan fingerprint density at radius 2 is 1.71 bits per heavy atom. The van der Waals surface area contributed by atoms with Crippen molar-refractivity contribution in [1.29, 1.82) is 0 Å². The lowest BCUT2D eigenvalue weighted by molar-refractivity contribution is 0.416. The molecule has 1 N–H and O–H groups in total. The summed E-state index contributed by atoms with van der Waals surface area (Å²) in [6.45, 7) is 9.69. The molecule has 0 aliphatic carbocycles. The third-order valence-corrected chi connectivity index (χ3v) is 7.86. The number of hydrogen-bond donors (Lipinski definition) is 1. The summed E-state index contributed by atoms with van der Waals surface area (Å²) in [7, 11) is 1.73. The number of aromatic nitrogens is 3. The lowest BCUT2D eigenvalue weighted by Crippen LogP contribution is -2.11. The van der Waals surface area contributed by atoms with Crippen LogP contribution >= 0.6 is 11.3 Å². The van der Waals surface area contributed by atoms with Crippen LogP contribution < -0.4 is 10.1 Å². The molecule has 5 nitrogen and oxygen atoms in total. The Labute approximate surface area is 229 Å². The van der Waals surface area contributed by atoms with E-state index in [1.165, 1.54) is 16.0 Å². The van der Waals surface area contributed by atoms with E-state index in [0.29, 0.717) is 5.82 Å². The standard InChI is InChI=1S/C32H34N4OS/c1-21-27(25-20-24(32(2,3)4)13-14-26(25)37-5)28-29(38-21)31(34-17-9-12-22-10-7-6-8-11-22)36-30(35-28)23-15-18-33-19-16-23/h6-8,10-11,13-16,18-20H,9,12,17H2,1-5H3,(H,34,35,36). The topological polar surface area (TPSA) is 59.9 Å².